The van der Waals surface area contributed by atoms with Crippen LogP contribution >= 0.6 is 0 Å². The number of ether oxygens (including phenoxy) is 1. The van der Waals surface area contributed by atoms with Gasteiger partial charge in [0.15, 0.2) is 0 Å². The van der Waals surface area contributed by atoms with Gasteiger partial charge < -0.3 is 15.4 Å². The molecule has 0 aromatic carbocycles. The van der Waals surface area contributed by atoms with E-state index in [-0.39, 0.29) is 11.9 Å². The first-order chi connectivity index (χ1) is 6.57. The Labute approximate surface area is 86.4 Å². The van der Waals surface area contributed by atoms with Gasteiger partial charge in [0.05, 0.1) is 6.61 Å². The summed E-state index contributed by atoms with van der Waals surface area (Å²) in [6.07, 6.45) is 2.36. The average molecular weight is 202 g/mol. The fourth-order valence-electron chi connectivity index (χ4n) is 1.12. The quantitative estimate of drug-likeness (QED) is 0.658. The van der Waals surface area contributed by atoms with E-state index in [1.807, 2.05) is 6.92 Å². The number of nitrogens with zero attached hydrogens (tertiary/aromatic N) is 1. The van der Waals surface area contributed by atoms with E-state index in [0.29, 0.717) is 19.6 Å². The maximum atomic E-state index is 11.5. The summed E-state index contributed by atoms with van der Waals surface area (Å²) in [6.45, 7) is 3.21. The molecule has 4 nitrogen and oxygen atoms in total. The van der Waals surface area contributed by atoms with E-state index in [1.54, 1.807) is 19.1 Å². The Balaban J connectivity index is 3.52. The second-order valence-electron chi connectivity index (χ2n) is 3.68. The van der Waals surface area contributed by atoms with E-state index in [0.717, 1.165) is 12.8 Å². The van der Waals surface area contributed by atoms with Gasteiger partial charge in [-0.05, 0) is 19.8 Å². The number of nitrogens with two attached hydrogens (primary N) is 1. The number of amides is 1. The van der Waals surface area contributed by atoms with E-state index in [1.165, 1.54) is 0 Å². The molecule has 2 N–H and O–H groups in total. The molecule has 4 heteroatoms. The summed E-state index contributed by atoms with van der Waals surface area (Å²) in [7, 11) is 3.43. The Morgan fingerprint density at radius 2 is 2.21 bits per heavy atom. The molecule has 0 radical (unpaired) electrons. The van der Waals surface area contributed by atoms with Gasteiger partial charge in [-0.25, -0.2) is 0 Å². The van der Waals surface area contributed by atoms with Crippen LogP contribution in [0.3, 0.4) is 0 Å². The molecule has 0 aliphatic carbocycles. The zero-order valence-corrected chi connectivity index (χ0v) is 9.45. The van der Waals surface area contributed by atoms with Crippen LogP contribution in [0.15, 0.2) is 0 Å². The van der Waals surface area contributed by atoms with Crippen LogP contribution in [-0.2, 0) is 9.53 Å². The number of hydrogen-bond donors (Lipinski definition) is 1. The first-order valence-electron chi connectivity index (χ1n) is 5.06. The third-order valence-corrected chi connectivity index (χ3v) is 2.11. The molecule has 0 aromatic rings. The van der Waals surface area contributed by atoms with Gasteiger partial charge in [0.2, 0.25) is 5.91 Å². The molecule has 0 fully saturated rings. The van der Waals surface area contributed by atoms with Gasteiger partial charge in [-0.2, -0.15) is 0 Å². The van der Waals surface area contributed by atoms with Gasteiger partial charge in [0.1, 0.15) is 0 Å². The summed E-state index contributed by atoms with van der Waals surface area (Å²) >= 11 is 0. The van der Waals surface area contributed by atoms with Crippen LogP contribution in [0.5, 0.6) is 0 Å². The van der Waals surface area contributed by atoms with Crippen LogP contribution in [0.4, 0.5) is 0 Å². The largest absolute Gasteiger partial charge is 0.383 e. The normalized spacial score (nSPS) is 12.6. The highest BCUT2D eigenvalue weighted by Gasteiger charge is 2.07. The highest BCUT2D eigenvalue weighted by Crippen LogP contribution is 2.01. The molecule has 0 rings (SSSR count). The molecule has 0 bridgehead atoms. The number of likely N-dealkylation sites (N-methyl/N-ethyl adjacent to an activating group) is 1. The van der Waals surface area contributed by atoms with E-state index in [4.69, 9.17) is 10.5 Å². The molecule has 14 heavy (non-hydrogen) atoms. The Kier molecular flexibility index (Phi) is 7.42. The Hall–Kier alpha value is -0.610. The monoisotopic (exact) mass is 202 g/mol. The van der Waals surface area contributed by atoms with Crippen LogP contribution in [0.1, 0.15) is 26.2 Å². The zero-order chi connectivity index (χ0) is 11.0. The summed E-state index contributed by atoms with van der Waals surface area (Å²) in [4.78, 5) is 13.2. The van der Waals surface area contributed by atoms with Crippen LogP contribution in [0.2, 0.25) is 0 Å². The van der Waals surface area contributed by atoms with Gasteiger partial charge >= 0.3 is 0 Å². The fourth-order valence-corrected chi connectivity index (χ4v) is 1.12. The van der Waals surface area contributed by atoms with E-state index in [9.17, 15) is 4.79 Å². The Bertz CT molecular complexity index is 160. The van der Waals surface area contributed by atoms with Crippen LogP contribution < -0.4 is 5.73 Å². The average Bonchev–Trinajstić information content (AvgIpc) is 2.13. The van der Waals surface area contributed by atoms with Crippen molar-refractivity contribution in [1.82, 2.24) is 4.90 Å². The van der Waals surface area contributed by atoms with Gasteiger partial charge in [-0.3, -0.25) is 4.79 Å². The minimum Gasteiger partial charge on any atom is -0.383 e. The van der Waals surface area contributed by atoms with Crippen LogP contribution in [0.25, 0.3) is 0 Å². The minimum absolute atomic E-state index is 0.169. The molecule has 0 aliphatic heterocycles. The summed E-state index contributed by atoms with van der Waals surface area (Å²) in [6, 6.07) is 0.187. The van der Waals surface area contributed by atoms with E-state index in [2.05, 4.69) is 0 Å². The Morgan fingerprint density at radius 1 is 1.57 bits per heavy atom. The topological polar surface area (TPSA) is 55.6 Å². The number of carbonyl (C=O) groups excluding carboxylic acids is 1. The molecular weight excluding hydrogens is 180 g/mol. The molecule has 1 unspecified atom stereocenters. The van der Waals surface area contributed by atoms with Crippen molar-refractivity contribution in [2.75, 3.05) is 27.3 Å². The molecule has 0 aromatic heterocycles. The van der Waals surface area contributed by atoms with Crippen molar-refractivity contribution in [2.45, 2.75) is 32.2 Å². The van der Waals surface area contributed by atoms with Gasteiger partial charge in [0.25, 0.3) is 0 Å². The highest BCUT2D eigenvalue weighted by molar-refractivity contribution is 5.75. The third kappa shape index (κ3) is 6.86. The lowest BCUT2D eigenvalue weighted by molar-refractivity contribution is -0.130. The lowest BCUT2D eigenvalue weighted by Crippen LogP contribution is -2.30. The molecule has 1 atom stereocenters. The molecule has 1 amide bonds. The van der Waals surface area contributed by atoms with Crippen molar-refractivity contribution in [3.63, 3.8) is 0 Å². The molecule has 0 heterocycles. The number of hydrogen-bond acceptors (Lipinski definition) is 3. The highest BCUT2D eigenvalue weighted by atomic mass is 16.5. The standard InChI is InChI=1S/C10H22N2O2/c1-9(11)5-4-6-10(13)12(2)7-8-14-3/h9H,4-8,11H2,1-3H3. The second kappa shape index (κ2) is 7.76. The van der Waals surface area contributed by atoms with Crippen LogP contribution in [-0.4, -0.2) is 44.2 Å². The SMILES string of the molecule is COCCN(C)C(=O)CCCC(C)N. The van der Waals surface area contributed by atoms with Crippen molar-refractivity contribution in [2.24, 2.45) is 5.73 Å². The predicted octanol–water partition coefficient (Wildman–Crippen LogP) is 0.609. The number of rotatable bonds is 7. The van der Waals surface area contributed by atoms with Crippen molar-refractivity contribution in [3.05, 3.63) is 0 Å². The van der Waals surface area contributed by atoms with Crippen molar-refractivity contribution < 1.29 is 9.53 Å². The first-order valence-corrected chi connectivity index (χ1v) is 5.06. The molecule has 0 saturated carbocycles. The summed E-state index contributed by atoms with van der Waals surface area (Å²) in [5.74, 6) is 0.169. The van der Waals surface area contributed by atoms with Crippen molar-refractivity contribution >= 4 is 5.91 Å². The molecule has 84 valence electrons. The maximum absolute atomic E-state index is 11.5. The molecule has 0 saturated heterocycles. The molecule has 0 spiro atoms. The van der Waals surface area contributed by atoms with E-state index >= 15 is 0 Å². The summed E-state index contributed by atoms with van der Waals surface area (Å²) in [5.41, 5.74) is 5.59. The number of methoxy groups -OCH3 is 1. The zero-order valence-electron chi connectivity index (χ0n) is 9.45. The Morgan fingerprint density at radius 3 is 2.71 bits per heavy atom. The van der Waals surface area contributed by atoms with Crippen LogP contribution in [0, 0.1) is 0 Å². The maximum Gasteiger partial charge on any atom is 0.222 e. The molecule has 0 aliphatic rings. The fraction of sp³-hybridized carbons (Fsp3) is 0.900. The minimum atomic E-state index is 0.169. The lowest BCUT2D eigenvalue weighted by atomic mass is 10.1. The molecular formula is C10H22N2O2. The third-order valence-electron chi connectivity index (χ3n) is 2.11. The number of carbonyl (C=O) groups is 1. The van der Waals surface area contributed by atoms with Gasteiger partial charge in [-0.15, -0.1) is 0 Å². The summed E-state index contributed by atoms with van der Waals surface area (Å²) in [5, 5.41) is 0. The lowest BCUT2D eigenvalue weighted by Gasteiger charge is -2.16. The van der Waals surface area contributed by atoms with E-state index < -0.39 is 0 Å². The summed E-state index contributed by atoms with van der Waals surface area (Å²) < 4.78 is 4.89. The van der Waals surface area contributed by atoms with Crippen molar-refractivity contribution in [3.8, 4) is 0 Å². The van der Waals surface area contributed by atoms with Gasteiger partial charge in [-0.1, -0.05) is 0 Å². The first kappa shape index (κ1) is 13.4. The smallest absolute Gasteiger partial charge is 0.222 e. The van der Waals surface area contributed by atoms with Gasteiger partial charge in [0, 0.05) is 33.2 Å². The second-order valence-corrected chi connectivity index (χ2v) is 3.68. The van der Waals surface area contributed by atoms with Crippen molar-refractivity contribution in [1.29, 1.82) is 0 Å². The predicted molar refractivity (Wildman–Crippen MR) is 57.0 cm³/mol.